The molecule has 1 nitrogen and oxygen atoms in total. The Bertz CT molecular complexity index is 356. The maximum atomic E-state index is 2.54. The lowest BCUT2D eigenvalue weighted by molar-refractivity contribution is 0.295. The fourth-order valence-electron chi connectivity index (χ4n) is 3.44. The molecule has 1 aromatic rings. The highest BCUT2D eigenvalue weighted by atomic mass is 15.1. The summed E-state index contributed by atoms with van der Waals surface area (Å²) in [6.07, 6.45) is 17.0. The van der Waals surface area contributed by atoms with Crippen LogP contribution in [-0.4, -0.2) is 24.5 Å². The molecule has 0 bridgehead atoms. The second-order valence-corrected chi connectivity index (χ2v) is 7.15. The maximum absolute atomic E-state index is 2.54. The molecule has 0 unspecified atom stereocenters. The van der Waals surface area contributed by atoms with Crippen LogP contribution in [0.15, 0.2) is 30.3 Å². The molecule has 0 aliphatic carbocycles. The second kappa shape index (κ2) is 15.7. The summed E-state index contributed by atoms with van der Waals surface area (Å²) >= 11 is 0. The highest BCUT2D eigenvalue weighted by Crippen LogP contribution is 2.13. The van der Waals surface area contributed by atoms with Crippen molar-refractivity contribution in [1.29, 1.82) is 0 Å². The normalized spacial score (nSPS) is 11.3. The molecule has 0 saturated heterocycles. The quantitative estimate of drug-likeness (QED) is 0.299. The molecule has 24 heavy (non-hydrogen) atoms. The van der Waals surface area contributed by atoms with E-state index in [-0.39, 0.29) is 0 Å². The summed E-state index contributed by atoms with van der Waals surface area (Å²) in [7, 11) is 0. The summed E-state index contributed by atoms with van der Waals surface area (Å²) in [5.74, 6) is 0. The van der Waals surface area contributed by atoms with Gasteiger partial charge in [-0.1, -0.05) is 102 Å². The summed E-state index contributed by atoms with van der Waals surface area (Å²) in [6.45, 7) is 8.26. The van der Waals surface area contributed by atoms with Crippen molar-refractivity contribution in [2.24, 2.45) is 0 Å². The van der Waals surface area contributed by atoms with Crippen LogP contribution in [0.1, 0.15) is 90.0 Å². The summed E-state index contributed by atoms with van der Waals surface area (Å²) in [5, 5.41) is 0. The van der Waals surface area contributed by atoms with Gasteiger partial charge in [-0.15, -0.1) is 0 Å². The summed E-state index contributed by atoms with van der Waals surface area (Å²) < 4.78 is 0. The predicted octanol–water partition coefficient (Wildman–Crippen LogP) is 6.86. The second-order valence-electron chi connectivity index (χ2n) is 7.15. The molecule has 1 aromatic carbocycles. The first-order valence-electron chi connectivity index (χ1n) is 10.6. The number of rotatable bonds is 16. The Balaban J connectivity index is 1.76. The molecule has 0 N–H and O–H groups in total. The third kappa shape index (κ3) is 11.7. The summed E-state index contributed by atoms with van der Waals surface area (Å²) in [5.41, 5.74) is 1.50. The van der Waals surface area contributed by atoms with Gasteiger partial charge in [0, 0.05) is 0 Å². The molecule has 0 amide bonds. The van der Waals surface area contributed by atoms with Crippen LogP contribution in [0.4, 0.5) is 0 Å². The molecule has 1 heteroatoms. The molecule has 138 valence electrons. The summed E-state index contributed by atoms with van der Waals surface area (Å²) in [4.78, 5) is 2.54. The van der Waals surface area contributed by atoms with Gasteiger partial charge in [0.25, 0.3) is 0 Å². The fourth-order valence-corrected chi connectivity index (χ4v) is 3.44. The minimum atomic E-state index is 1.21. The highest BCUT2D eigenvalue weighted by Gasteiger charge is 1.98. The van der Waals surface area contributed by atoms with E-state index >= 15 is 0 Å². The Labute approximate surface area is 151 Å². The Morgan fingerprint density at radius 1 is 0.583 bits per heavy atom. The molecule has 1 rings (SSSR count). The van der Waals surface area contributed by atoms with E-state index in [9.17, 15) is 0 Å². The van der Waals surface area contributed by atoms with Crippen LogP contribution in [0.5, 0.6) is 0 Å². The number of hydrogen-bond donors (Lipinski definition) is 0. The first kappa shape index (κ1) is 21.2. The van der Waals surface area contributed by atoms with Crippen LogP contribution in [0.3, 0.4) is 0 Å². The molecule has 0 spiro atoms. The third-order valence-electron chi connectivity index (χ3n) is 5.18. The Morgan fingerprint density at radius 3 is 1.54 bits per heavy atom. The summed E-state index contributed by atoms with van der Waals surface area (Å²) in [6, 6.07) is 10.9. The molecular formula is C23H41N. The monoisotopic (exact) mass is 331 g/mol. The minimum absolute atomic E-state index is 1.21. The van der Waals surface area contributed by atoms with Crippen molar-refractivity contribution in [2.45, 2.75) is 90.9 Å². The Morgan fingerprint density at radius 2 is 1.04 bits per heavy atom. The number of hydrogen-bond acceptors (Lipinski definition) is 1. The van der Waals surface area contributed by atoms with Crippen molar-refractivity contribution in [1.82, 2.24) is 4.90 Å². The maximum Gasteiger partial charge on any atom is -0.00190 e. The van der Waals surface area contributed by atoms with E-state index in [4.69, 9.17) is 0 Å². The number of aryl methyl sites for hydroxylation is 1. The minimum Gasteiger partial charge on any atom is -0.304 e. The van der Waals surface area contributed by atoms with Gasteiger partial charge in [0.2, 0.25) is 0 Å². The van der Waals surface area contributed by atoms with Crippen LogP contribution < -0.4 is 0 Å². The van der Waals surface area contributed by atoms with Crippen LogP contribution in [0.25, 0.3) is 0 Å². The smallest absolute Gasteiger partial charge is 0.00190 e. The van der Waals surface area contributed by atoms with Gasteiger partial charge in [0.15, 0.2) is 0 Å². The van der Waals surface area contributed by atoms with E-state index in [0.29, 0.717) is 0 Å². The van der Waals surface area contributed by atoms with Gasteiger partial charge in [-0.25, -0.2) is 0 Å². The van der Waals surface area contributed by atoms with E-state index in [1.807, 2.05) is 0 Å². The number of unbranched alkanes of at least 4 members (excludes halogenated alkanes) is 10. The molecule has 0 saturated carbocycles. The van der Waals surface area contributed by atoms with Crippen LogP contribution in [0.2, 0.25) is 0 Å². The van der Waals surface area contributed by atoms with Crippen molar-refractivity contribution in [3.05, 3.63) is 35.9 Å². The third-order valence-corrected chi connectivity index (χ3v) is 5.18. The Hall–Kier alpha value is -0.820. The predicted molar refractivity (Wildman–Crippen MR) is 109 cm³/mol. The highest BCUT2D eigenvalue weighted by molar-refractivity contribution is 5.14. The van der Waals surface area contributed by atoms with Crippen molar-refractivity contribution in [3.63, 3.8) is 0 Å². The molecule has 0 radical (unpaired) electrons. The number of nitrogens with zero attached hydrogens (tertiary/aromatic N) is 1. The first-order valence-corrected chi connectivity index (χ1v) is 10.6. The largest absolute Gasteiger partial charge is 0.304 e. The van der Waals surface area contributed by atoms with Gasteiger partial charge < -0.3 is 4.90 Å². The number of benzene rings is 1. The van der Waals surface area contributed by atoms with Gasteiger partial charge in [-0.2, -0.15) is 0 Å². The van der Waals surface area contributed by atoms with Gasteiger partial charge in [0.1, 0.15) is 0 Å². The zero-order valence-corrected chi connectivity index (χ0v) is 16.4. The van der Waals surface area contributed by atoms with E-state index < -0.39 is 0 Å². The standard InChI is InChI=1S/C23H41N/c1-3-24(4-2)22-18-13-11-9-7-5-6-8-10-12-15-19-23-20-16-14-17-21-23/h14,16-17,20-21H,3-13,15,18-19,22H2,1-2H3. The molecule has 0 aliphatic rings. The first-order chi connectivity index (χ1) is 11.9. The van der Waals surface area contributed by atoms with Crippen LogP contribution in [0, 0.1) is 0 Å². The molecule has 0 fully saturated rings. The van der Waals surface area contributed by atoms with Crippen molar-refractivity contribution in [3.8, 4) is 0 Å². The van der Waals surface area contributed by atoms with Crippen molar-refractivity contribution in [2.75, 3.05) is 19.6 Å². The molecule has 0 aromatic heterocycles. The SMILES string of the molecule is CCN(CC)CCCCCCCCCCCCCc1ccccc1. The average molecular weight is 332 g/mol. The average Bonchev–Trinajstić information content (AvgIpc) is 2.63. The van der Waals surface area contributed by atoms with E-state index in [1.54, 1.807) is 0 Å². The van der Waals surface area contributed by atoms with Gasteiger partial charge >= 0.3 is 0 Å². The lowest BCUT2D eigenvalue weighted by Crippen LogP contribution is -2.23. The fraction of sp³-hybridized carbons (Fsp3) is 0.739. The van der Waals surface area contributed by atoms with Crippen LogP contribution in [-0.2, 0) is 6.42 Å². The molecule has 0 atom stereocenters. The van der Waals surface area contributed by atoms with E-state index in [2.05, 4.69) is 49.1 Å². The van der Waals surface area contributed by atoms with Crippen molar-refractivity contribution >= 4 is 0 Å². The molecule has 0 aliphatic heterocycles. The zero-order valence-electron chi connectivity index (χ0n) is 16.4. The molecule has 0 heterocycles. The van der Waals surface area contributed by atoms with Crippen molar-refractivity contribution < 1.29 is 0 Å². The Kier molecular flexibility index (Phi) is 13.9. The van der Waals surface area contributed by atoms with E-state index in [1.165, 1.54) is 102 Å². The van der Waals surface area contributed by atoms with Gasteiger partial charge in [-0.05, 0) is 44.5 Å². The van der Waals surface area contributed by atoms with Gasteiger partial charge in [-0.3, -0.25) is 0 Å². The van der Waals surface area contributed by atoms with E-state index in [0.717, 1.165) is 0 Å². The van der Waals surface area contributed by atoms with Gasteiger partial charge in [0.05, 0.1) is 0 Å². The lowest BCUT2D eigenvalue weighted by atomic mass is 10.0. The lowest BCUT2D eigenvalue weighted by Gasteiger charge is -2.17. The topological polar surface area (TPSA) is 3.24 Å². The van der Waals surface area contributed by atoms with Crippen LogP contribution >= 0.6 is 0 Å². The molecular weight excluding hydrogens is 290 g/mol. The zero-order chi connectivity index (χ0) is 17.3.